The van der Waals surface area contributed by atoms with Crippen molar-refractivity contribution in [2.75, 3.05) is 0 Å². The summed E-state index contributed by atoms with van der Waals surface area (Å²) in [5.74, 6) is 0. The molecule has 0 fully saturated rings. The minimum atomic E-state index is 0.329. The third-order valence-electron chi connectivity index (χ3n) is 2.88. The lowest BCUT2D eigenvalue weighted by atomic mass is 10.1. The number of rotatable bonds is 2. The van der Waals surface area contributed by atoms with Crippen LogP contribution >= 0.6 is 22.9 Å². The molecule has 0 radical (unpaired) electrons. The van der Waals surface area contributed by atoms with Crippen molar-refractivity contribution in [3.8, 4) is 10.4 Å². The molecule has 0 amide bonds. The van der Waals surface area contributed by atoms with E-state index in [9.17, 15) is 4.79 Å². The van der Waals surface area contributed by atoms with Crippen LogP contribution in [-0.2, 0) is 0 Å². The van der Waals surface area contributed by atoms with E-state index in [1.807, 2.05) is 13.0 Å². The predicted octanol–water partition coefficient (Wildman–Crippen LogP) is 4.13. The Labute approximate surface area is 118 Å². The van der Waals surface area contributed by atoms with Crippen molar-refractivity contribution in [1.29, 1.82) is 0 Å². The fourth-order valence-corrected chi connectivity index (χ4v) is 3.22. The van der Waals surface area contributed by atoms with Gasteiger partial charge >= 0.3 is 0 Å². The van der Waals surface area contributed by atoms with Gasteiger partial charge in [-0.15, -0.1) is 21.5 Å². The molecule has 5 heteroatoms. The Kier molecular flexibility index (Phi) is 3.05. The zero-order valence-electron chi connectivity index (χ0n) is 10.1. The molecule has 0 unspecified atom stereocenters. The molecule has 3 rings (SSSR count). The summed E-state index contributed by atoms with van der Waals surface area (Å²) in [5.41, 5.74) is 2.64. The van der Waals surface area contributed by atoms with Gasteiger partial charge in [0, 0.05) is 10.3 Å². The van der Waals surface area contributed by atoms with Crippen molar-refractivity contribution in [2.24, 2.45) is 0 Å². The van der Waals surface area contributed by atoms with Gasteiger partial charge in [-0.25, -0.2) is 0 Å². The van der Waals surface area contributed by atoms with Crippen LogP contribution in [0.3, 0.4) is 0 Å². The van der Waals surface area contributed by atoms with Crippen molar-refractivity contribution in [2.45, 2.75) is 6.92 Å². The highest BCUT2D eigenvalue weighted by Crippen LogP contribution is 2.36. The van der Waals surface area contributed by atoms with Gasteiger partial charge in [-0.05, 0) is 18.6 Å². The summed E-state index contributed by atoms with van der Waals surface area (Å²) in [4.78, 5) is 12.0. The van der Waals surface area contributed by atoms with E-state index in [4.69, 9.17) is 11.6 Å². The largest absolute Gasteiger partial charge is 0.296 e. The first-order chi connectivity index (χ1) is 9.19. The van der Waals surface area contributed by atoms with Gasteiger partial charge in [-0.2, -0.15) is 0 Å². The standard InChI is InChI=1S/C14H9ClN2OS/c1-8-2-4-9(5-3-8)12-6-10-13(19-12)11(7-18)16-17-14(10)15/h2-7H,1H3. The van der Waals surface area contributed by atoms with E-state index in [1.165, 1.54) is 16.9 Å². The van der Waals surface area contributed by atoms with Crippen LogP contribution in [0.1, 0.15) is 16.1 Å². The molecule has 0 saturated heterocycles. The minimum Gasteiger partial charge on any atom is -0.296 e. The highest BCUT2D eigenvalue weighted by molar-refractivity contribution is 7.22. The van der Waals surface area contributed by atoms with Crippen molar-refractivity contribution in [1.82, 2.24) is 10.2 Å². The molecule has 94 valence electrons. The molecule has 2 heterocycles. The number of benzene rings is 1. The van der Waals surface area contributed by atoms with Crippen LogP contribution in [0.5, 0.6) is 0 Å². The maximum Gasteiger partial charge on any atom is 0.171 e. The third kappa shape index (κ3) is 2.13. The van der Waals surface area contributed by atoms with Crippen LogP contribution in [0.2, 0.25) is 5.15 Å². The van der Waals surface area contributed by atoms with Crippen molar-refractivity contribution in [3.63, 3.8) is 0 Å². The number of carbonyl (C=O) groups is 1. The number of aromatic nitrogens is 2. The normalized spacial score (nSPS) is 10.8. The molecule has 0 spiro atoms. The molecule has 1 aromatic carbocycles. The van der Waals surface area contributed by atoms with E-state index >= 15 is 0 Å². The van der Waals surface area contributed by atoms with E-state index in [-0.39, 0.29) is 0 Å². The van der Waals surface area contributed by atoms with Crippen LogP contribution in [0.4, 0.5) is 0 Å². The summed E-state index contributed by atoms with van der Waals surface area (Å²) in [5, 5.41) is 8.70. The topological polar surface area (TPSA) is 42.9 Å². The summed E-state index contributed by atoms with van der Waals surface area (Å²) < 4.78 is 0.783. The summed E-state index contributed by atoms with van der Waals surface area (Å²) in [6.45, 7) is 2.05. The molecule has 3 nitrogen and oxygen atoms in total. The van der Waals surface area contributed by atoms with Gasteiger partial charge in [0.05, 0.1) is 4.70 Å². The molecule has 0 bridgehead atoms. The van der Waals surface area contributed by atoms with Crippen LogP contribution in [0, 0.1) is 6.92 Å². The Hall–Kier alpha value is -1.78. The van der Waals surface area contributed by atoms with Crippen molar-refractivity contribution in [3.05, 3.63) is 46.7 Å². The molecule has 3 aromatic rings. The quantitative estimate of drug-likeness (QED) is 0.666. The zero-order valence-corrected chi connectivity index (χ0v) is 11.6. The number of fused-ring (bicyclic) bond motifs is 1. The first-order valence-corrected chi connectivity index (χ1v) is 6.86. The van der Waals surface area contributed by atoms with Crippen molar-refractivity contribution >= 4 is 39.3 Å². The smallest absolute Gasteiger partial charge is 0.171 e. The number of aldehydes is 1. The van der Waals surface area contributed by atoms with Gasteiger partial charge in [-0.3, -0.25) is 4.79 Å². The second kappa shape index (κ2) is 4.72. The van der Waals surface area contributed by atoms with Crippen LogP contribution in [0.25, 0.3) is 20.5 Å². The monoisotopic (exact) mass is 288 g/mol. The lowest BCUT2D eigenvalue weighted by molar-refractivity contribution is 0.112. The summed E-state index contributed by atoms with van der Waals surface area (Å²) in [6, 6.07) is 10.2. The second-order valence-corrected chi connectivity index (χ2v) is 5.62. The van der Waals surface area contributed by atoms with E-state index in [0.29, 0.717) is 17.1 Å². The fourth-order valence-electron chi connectivity index (χ4n) is 1.87. The molecular weight excluding hydrogens is 280 g/mol. The Morgan fingerprint density at radius 1 is 1.21 bits per heavy atom. The average Bonchev–Trinajstić information content (AvgIpc) is 2.86. The number of nitrogens with zero attached hydrogens (tertiary/aromatic N) is 2. The number of thiophene rings is 1. The number of hydrogen-bond donors (Lipinski definition) is 0. The van der Waals surface area contributed by atoms with Crippen molar-refractivity contribution < 1.29 is 4.79 Å². The Morgan fingerprint density at radius 3 is 2.63 bits per heavy atom. The lowest BCUT2D eigenvalue weighted by Gasteiger charge is -1.96. The Bertz CT molecular complexity index is 765. The molecule has 0 N–H and O–H groups in total. The highest BCUT2D eigenvalue weighted by Gasteiger charge is 2.12. The first kappa shape index (κ1) is 12.3. The highest BCUT2D eigenvalue weighted by atomic mass is 35.5. The summed E-state index contributed by atoms with van der Waals surface area (Å²) in [7, 11) is 0. The molecule has 0 aliphatic carbocycles. The SMILES string of the molecule is Cc1ccc(-c2cc3c(Cl)nnc(C=O)c3s2)cc1. The Balaban J connectivity index is 2.23. The van der Waals surface area contributed by atoms with Gasteiger partial charge in [-0.1, -0.05) is 41.4 Å². The summed E-state index contributed by atoms with van der Waals surface area (Å²) in [6.07, 6.45) is 0.709. The molecule has 0 aliphatic rings. The number of halogens is 1. The van der Waals surface area contributed by atoms with Gasteiger partial charge in [0.2, 0.25) is 0 Å². The van der Waals surface area contributed by atoms with Crippen LogP contribution < -0.4 is 0 Å². The number of hydrogen-bond acceptors (Lipinski definition) is 4. The predicted molar refractivity (Wildman–Crippen MR) is 78.0 cm³/mol. The lowest BCUT2D eigenvalue weighted by Crippen LogP contribution is -1.90. The van der Waals surface area contributed by atoms with Crippen LogP contribution in [0.15, 0.2) is 30.3 Å². The fraction of sp³-hybridized carbons (Fsp3) is 0.0714. The molecule has 0 saturated carbocycles. The molecule has 2 aromatic heterocycles. The third-order valence-corrected chi connectivity index (χ3v) is 4.37. The number of aryl methyl sites for hydroxylation is 1. The van der Waals surface area contributed by atoms with Gasteiger partial charge in [0.15, 0.2) is 11.4 Å². The van der Waals surface area contributed by atoms with E-state index < -0.39 is 0 Å². The summed E-state index contributed by atoms with van der Waals surface area (Å²) >= 11 is 7.53. The minimum absolute atomic E-state index is 0.329. The van der Waals surface area contributed by atoms with E-state index in [1.54, 1.807) is 0 Å². The van der Waals surface area contributed by atoms with E-state index in [2.05, 4.69) is 34.5 Å². The zero-order chi connectivity index (χ0) is 13.4. The number of carbonyl (C=O) groups excluding carboxylic acids is 1. The maximum atomic E-state index is 11.0. The first-order valence-electron chi connectivity index (χ1n) is 5.67. The molecule has 0 aliphatic heterocycles. The molecule has 0 atom stereocenters. The van der Waals surface area contributed by atoms with E-state index in [0.717, 1.165) is 20.5 Å². The second-order valence-electron chi connectivity index (χ2n) is 4.21. The van der Waals surface area contributed by atoms with Gasteiger partial charge < -0.3 is 0 Å². The molecular formula is C14H9ClN2OS. The van der Waals surface area contributed by atoms with Crippen LogP contribution in [-0.4, -0.2) is 16.5 Å². The average molecular weight is 289 g/mol. The molecule has 19 heavy (non-hydrogen) atoms. The Morgan fingerprint density at radius 2 is 1.95 bits per heavy atom. The maximum absolute atomic E-state index is 11.0. The van der Waals surface area contributed by atoms with Gasteiger partial charge in [0.25, 0.3) is 0 Å². The van der Waals surface area contributed by atoms with Gasteiger partial charge in [0.1, 0.15) is 5.69 Å².